The summed E-state index contributed by atoms with van der Waals surface area (Å²) >= 11 is 9.71. The van der Waals surface area contributed by atoms with Crippen molar-refractivity contribution in [3.8, 4) is 0 Å². The fourth-order valence-electron chi connectivity index (χ4n) is 2.39. The molecule has 2 amide bonds. The van der Waals surface area contributed by atoms with E-state index in [2.05, 4.69) is 20.2 Å². The van der Waals surface area contributed by atoms with Crippen LogP contribution >= 0.6 is 46.5 Å². The predicted octanol–water partition coefficient (Wildman–Crippen LogP) is 4.61. The van der Waals surface area contributed by atoms with Gasteiger partial charge in [0.2, 0.25) is 5.16 Å². The molecular formula is C17H12ClN5O2S3. The molecule has 1 fully saturated rings. The summed E-state index contributed by atoms with van der Waals surface area (Å²) in [7, 11) is 0. The summed E-state index contributed by atoms with van der Waals surface area (Å²) in [5, 5.41) is 7.33. The molecule has 0 radical (unpaired) electrons. The summed E-state index contributed by atoms with van der Waals surface area (Å²) in [6, 6.07) is 9.38. The SMILES string of the molecule is Cc1nc(Sc2nc(Cl)c(/C=C3\SC(=O)N(Cc4ccccc4)C3=O)s2)n[nH]1. The van der Waals surface area contributed by atoms with Gasteiger partial charge in [-0.2, -0.15) is 0 Å². The van der Waals surface area contributed by atoms with Gasteiger partial charge in [-0.3, -0.25) is 19.6 Å². The monoisotopic (exact) mass is 449 g/mol. The number of imide groups is 1. The number of nitrogens with one attached hydrogen (secondary N) is 1. The first-order chi connectivity index (χ1) is 13.5. The lowest BCUT2D eigenvalue weighted by atomic mass is 10.2. The standard InChI is InChI=1S/C17H12ClN5O2S3/c1-9-19-15(22-21-9)28-16-20-13(18)11(26-16)7-12-14(24)23(17(25)27-12)8-10-5-3-2-4-6-10/h2-7H,8H2,1H3,(H,19,21,22)/b12-7-. The van der Waals surface area contributed by atoms with E-state index in [0.29, 0.717) is 25.1 Å². The zero-order chi connectivity index (χ0) is 19.7. The minimum absolute atomic E-state index is 0.241. The van der Waals surface area contributed by atoms with Crippen molar-refractivity contribution in [2.24, 2.45) is 0 Å². The fraction of sp³-hybridized carbons (Fsp3) is 0.118. The number of amides is 2. The molecule has 0 atom stereocenters. The maximum atomic E-state index is 12.7. The smallest absolute Gasteiger partial charge is 0.268 e. The fourth-order valence-corrected chi connectivity index (χ4v) is 5.50. The summed E-state index contributed by atoms with van der Waals surface area (Å²) in [5.41, 5.74) is 0.891. The van der Waals surface area contributed by atoms with E-state index in [0.717, 1.165) is 17.3 Å². The van der Waals surface area contributed by atoms with Gasteiger partial charge < -0.3 is 0 Å². The van der Waals surface area contributed by atoms with Crippen molar-refractivity contribution in [3.05, 3.63) is 56.7 Å². The number of rotatable bonds is 5. The number of thioether (sulfide) groups is 1. The van der Waals surface area contributed by atoms with Gasteiger partial charge in [-0.15, -0.1) is 16.4 Å². The summed E-state index contributed by atoms with van der Waals surface area (Å²) < 4.78 is 0.652. The number of thiazole rings is 1. The van der Waals surface area contributed by atoms with Crippen LogP contribution in [0.25, 0.3) is 6.08 Å². The highest BCUT2D eigenvalue weighted by Crippen LogP contribution is 2.38. The van der Waals surface area contributed by atoms with Crippen molar-refractivity contribution >= 4 is 63.7 Å². The van der Waals surface area contributed by atoms with Crippen LogP contribution in [0.2, 0.25) is 5.15 Å². The Hall–Kier alpha value is -2.14. The summed E-state index contributed by atoms with van der Waals surface area (Å²) in [4.78, 5) is 35.6. The maximum absolute atomic E-state index is 12.7. The number of carbonyl (C=O) groups excluding carboxylic acids is 2. The van der Waals surface area contributed by atoms with Gasteiger partial charge in [-0.25, -0.2) is 9.97 Å². The molecule has 142 valence electrons. The molecule has 3 heterocycles. The largest absolute Gasteiger partial charge is 0.293 e. The van der Waals surface area contributed by atoms with Crippen molar-refractivity contribution in [2.75, 3.05) is 0 Å². The summed E-state index contributed by atoms with van der Waals surface area (Å²) in [6.45, 7) is 2.05. The minimum atomic E-state index is -0.331. The van der Waals surface area contributed by atoms with Gasteiger partial charge in [0.25, 0.3) is 11.1 Å². The van der Waals surface area contributed by atoms with Crippen LogP contribution in [-0.4, -0.2) is 36.2 Å². The molecule has 0 saturated carbocycles. The zero-order valence-corrected chi connectivity index (χ0v) is 17.6. The molecule has 1 aliphatic heterocycles. The normalized spacial score (nSPS) is 15.8. The Morgan fingerprint density at radius 2 is 2.04 bits per heavy atom. The Balaban J connectivity index is 1.52. The van der Waals surface area contributed by atoms with Gasteiger partial charge in [-0.1, -0.05) is 41.9 Å². The lowest BCUT2D eigenvalue weighted by molar-refractivity contribution is -0.123. The van der Waals surface area contributed by atoms with E-state index in [-0.39, 0.29) is 22.8 Å². The average molecular weight is 450 g/mol. The van der Waals surface area contributed by atoms with E-state index < -0.39 is 0 Å². The molecule has 2 aromatic heterocycles. The highest BCUT2D eigenvalue weighted by molar-refractivity contribution is 8.18. The predicted molar refractivity (Wildman–Crippen MR) is 110 cm³/mol. The van der Waals surface area contributed by atoms with Gasteiger partial charge in [-0.05, 0) is 42.1 Å². The Bertz CT molecular complexity index is 1080. The van der Waals surface area contributed by atoms with Crippen molar-refractivity contribution in [3.63, 3.8) is 0 Å². The van der Waals surface area contributed by atoms with Crippen LogP contribution in [0.1, 0.15) is 16.3 Å². The number of hydrogen-bond donors (Lipinski definition) is 1. The quantitative estimate of drug-likeness (QED) is 0.568. The first-order valence-corrected chi connectivity index (χ1v) is 10.8. The van der Waals surface area contributed by atoms with Crippen molar-refractivity contribution in [1.29, 1.82) is 0 Å². The van der Waals surface area contributed by atoms with Crippen LogP contribution in [0.4, 0.5) is 4.79 Å². The summed E-state index contributed by atoms with van der Waals surface area (Å²) in [5.74, 6) is 0.375. The minimum Gasteiger partial charge on any atom is -0.268 e. The van der Waals surface area contributed by atoms with E-state index in [1.807, 2.05) is 37.3 Å². The van der Waals surface area contributed by atoms with Crippen LogP contribution in [0.5, 0.6) is 0 Å². The number of nitrogens with zero attached hydrogens (tertiary/aromatic N) is 4. The molecule has 1 saturated heterocycles. The van der Waals surface area contributed by atoms with Crippen molar-refractivity contribution in [2.45, 2.75) is 23.0 Å². The van der Waals surface area contributed by atoms with Crippen LogP contribution in [0.15, 0.2) is 44.7 Å². The lowest BCUT2D eigenvalue weighted by Crippen LogP contribution is -2.27. The van der Waals surface area contributed by atoms with Gasteiger partial charge in [0.15, 0.2) is 4.34 Å². The third-order valence-corrected chi connectivity index (χ3v) is 6.90. The molecule has 28 heavy (non-hydrogen) atoms. The maximum Gasteiger partial charge on any atom is 0.293 e. The Kier molecular flexibility index (Phi) is 5.54. The van der Waals surface area contributed by atoms with Gasteiger partial charge in [0.05, 0.1) is 16.3 Å². The highest BCUT2D eigenvalue weighted by atomic mass is 35.5. The molecular weight excluding hydrogens is 438 g/mol. The molecule has 1 aromatic carbocycles. The molecule has 0 aliphatic carbocycles. The Morgan fingerprint density at radius 3 is 2.75 bits per heavy atom. The third kappa shape index (κ3) is 4.14. The van der Waals surface area contributed by atoms with Gasteiger partial charge in [0, 0.05) is 0 Å². The van der Waals surface area contributed by atoms with E-state index in [1.165, 1.54) is 28.0 Å². The Morgan fingerprint density at radius 1 is 1.25 bits per heavy atom. The van der Waals surface area contributed by atoms with Crippen molar-refractivity contribution < 1.29 is 9.59 Å². The zero-order valence-electron chi connectivity index (χ0n) is 14.4. The van der Waals surface area contributed by atoms with Crippen LogP contribution in [-0.2, 0) is 11.3 Å². The van der Waals surface area contributed by atoms with E-state index in [4.69, 9.17) is 11.6 Å². The second-order valence-electron chi connectivity index (χ2n) is 5.69. The molecule has 3 aromatic rings. The van der Waals surface area contributed by atoms with E-state index >= 15 is 0 Å². The van der Waals surface area contributed by atoms with Gasteiger partial charge >= 0.3 is 0 Å². The molecule has 0 unspecified atom stereocenters. The van der Waals surface area contributed by atoms with Crippen molar-refractivity contribution in [1.82, 2.24) is 25.1 Å². The summed E-state index contributed by atoms with van der Waals surface area (Å²) in [6.07, 6.45) is 1.61. The Labute approximate surface area is 177 Å². The van der Waals surface area contributed by atoms with Crippen LogP contribution in [0, 0.1) is 6.92 Å². The first kappa shape index (κ1) is 19.2. The second-order valence-corrected chi connectivity index (χ2v) is 9.29. The molecule has 0 bridgehead atoms. The molecule has 0 spiro atoms. The number of hydrogen-bond acceptors (Lipinski definition) is 8. The van der Waals surface area contributed by atoms with Crippen LogP contribution in [0.3, 0.4) is 0 Å². The third-order valence-electron chi connectivity index (χ3n) is 3.66. The number of aryl methyl sites for hydroxylation is 1. The number of carbonyl (C=O) groups is 2. The molecule has 11 heteroatoms. The highest BCUT2D eigenvalue weighted by Gasteiger charge is 2.35. The van der Waals surface area contributed by atoms with E-state index in [1.54, 1.807) is 6.08 Å². The topological polar surface area (TPSA) is 91.8 Å². The number of aromatic amines is 1. The lowest BCUT2D eigenvalue weighted by Gasteiger charge is -2.11. The first-order valence-electron chi connectivity index (χ1n) is 8.02. The molecule has 7 nitrogen and oxygen atoms in total. The number of aromatic nitrogens is 4. The molecule has 1 N–H and O–H groups in total. The second kappa shape index (κ2) is 8.08. The molecule has 4 rings (SSSR count). The number of benzene rings is 1. The van der Waals surface area contributed by atoms with Crippen LogP contribution < -0.4 is 0 Å². The molecule has 1 aliphatic rings. The number of H-pyrrole nitrogens is 1. The number of halogens is 1. The van der Waals surface area contributed by atoms with Gasteiger partial charge in [0.1, 0.15) is 11.0 Å². The van der Waals surface area contributed by atoms with E-state index in [9.17, 15) is 9.59 Å². The average Bonchev–Trinajstić information content (AvgIpc) is 3.31.